The molecule has 0 aromatic rings. The lowest BCUT2D eigenvalue weighted by Crippen LogP contribution is -2.54. The summed E-state index contributed by atoms with van der Waals surface area (Å²) in [6.07, 6.45) is 15.0. The maximum Gasteiger partial charge on any atom is 0.0431 e. The molecule has 1 unspecified atom stereocenters. The first-order chi connectivity index (χ1) is 8.37. The molecule has 2 aliphatic rings. The first kappa shape index (κ1) is 13.4. The molecule has 0 heterocycles. The third-order valence-corrected chi connectivity index (χ3v) is 5.00. The summed E-state index contributed by atoms with van der Waals surface area (Å²) < 4.78 is 0. The van der Waals surface area contributed by atoms with E-state index in [1.807, 2.05) is 0 Å². The van der Waals surface area contributed by atoms with Crippen LogP contribution in [0.1, 0.15) is 70.6 Å². The van der Waals surface area contributed by atoms with Crippen LogP contribution in [0.5, 0.6) is 0 Å². The van der Waals surface area contributed by atoms with Gasteiger partial charge in [0.1, 0.15) is 0 Å². The summed E-state index contributed by atoms with van der Waals surface area (Å²) in [6.45, 7) is 1.55. The SMILES string of the molecule is OCCCCCCNC1CCC12CCCCC2. The topological polar surface area (TPSA) is 32.3 Å². The molecule has 100 valence electrons. The Morgan fingerprint density at radius 1 is 0.941 bits per heavy atom. The van der Waals surface area contributed by atoms with Crippen LogP contribution in [0.15, 0.2) is 0 Å². The molecule has 0 bridgehead atoms. The van der Waals surface area contributed by atoms with Gasteiger partial charge in [0.25, 0.3) is 0 Å². The Bertz CT molecular complexity index is 211. The summed E-state index contributed by atoms with van der Waals surface area (Å²) in [4.78, 5) is 0. The third-order valence-electron chi connectivity index (χ3n) is 5.00. The molecule has 2 fully saturated rings. The fourth-order valence-electron chi connectivity index (χ4n) is 3.74. The van der Waals surface area contributed by atoms with Crippen molar-refractivity contribution in [2.75, 3.05) is 13.2 Å². The second-order valence-corrected chi connectivity index (χ2v) is 6.11. The van der Waals surface area contributed by atoms with Crippen LogP contribution in [0.25, 0.3) is 0 Å². The predicted molar refractivity (Wildman–Crippen MR) is 72.1 cm³/mol. The molecule has 0 aliphatic heterocycles. The van der Waals surface area contributed by atoms with Gasteiger partial charge in [-0.3, -0.25) is 0 Å². The number of hydrogen-bond donors (Lipinski definition) is 2. The van der Waals surface area contributed by atoms with Crippen LogP contribution in [-0.4, -0.2) is 24.3 Å². The van der Waals surface area contributed by atoms with Gasteiger partial charge in [-0.25, -0.2) is 0 Å². The van der Waals surface area contributed by atoms with E-state index in [4.69, 9.17) is 5.11 Å². The van der Waals surface area contributed by atoms with Crippen molar-refractivity contribution in [2.24, 2.45) is 5.41 Å². The average molecular weight is 239 g/mol. The van der Waals surface area contributed by atoms with Crippen LogP contribution in [0.4, 0.5) is 0 Å². The van der Waals surface area contributed by atoms with Crippen LogP contribution in [0.3, 0.4) is 0 Å². The molecule has 2 saturated carbocycles. The lowest BCUT2D eigenvalue weighted by molar-refractivity contribution is 0.0232. The molecule has 0 aromatic heterocycles. The van der Waals surface area contributed by atoms with Crippen molar-refractivity contribution in [3.63, 3.8) is 0 Å². The number of unbranched alkanes of at least 4 members (excludes halogenated alkanes) is 3. The van der Waals surface area contributed by atoms with Gasteiger partial charge in [-0.05, 0) is 50.5 Å². The van der Waals surface area contributed by atoms with Gasteiger partial charge in [0.15, 0.2) is 0 Å². The Morgan fingerprint density at radius 3 is 2.35 bits per heavy atom. The van der Waals surface area contributed by atoms with Crippen molar-refractivity contribution in [3.8, 4) is 0 Å². The van der Waals surface area contributed by atoms with Gasteiger partial charge in [0.2, 0.25) is 0 Å². The Morgan fingerprint density at radius 2 is 1.71 bits per heavy atom. The maximum absolute atomic E-state index is 8.71. The van der Waals surface area contributed by atoms with E-state index in [9.17, 15) is 0 Å². The quantitative estimate of drug-likeness (QED) is 0.668. The van der Waals surface area contributed by atoms with Crippen LogP contribution in [0, 0.1) is 5.41 Å². The second kappa shape index (κ2) is 6.75. The summed E-state index contributed by atoms with van der Waals surface area (Å²) in [6, 6.07) is 0.834. The zero-order valence-corrected chi connectivity index (χ0v) is 11.2. The highest BCUT2D eigenvalue weighted by Crippen LogP contribution is 2.51. The van der Waals surface area contributed by atoms with E-state index in [-0.39, 0.29) is 0 Å². The largest absolute Gasteiger partial charge is 0.396 e. The molecule has 1 spiro atoms. The highest BCUT2D eigenvalue weighted by atomic mass is 16.2. The number of aliphatic hydroxyl groups is 1. The Labute approximate surface area is 106 Å². The van der Waals surface area contributed by atoms with E-state index < -0.39 is 0 Å². The zero-order valence-electron chi connectivity index (χ0n) is 11.2. The Balaban J connectivity index is 1.56. The number of nitrogens with one attached hydrogen (secondary N) is 1. The Kier molecular flexibility index (Phi) is 5.30. The van der Waals surface area contributed by atoms with Crippen molar-refractivity contribution < 1.29 is 5.11 Å². The van der Waals surface area contributed by atoms with E-state index in [1.54, 1.807) is 0 Å². The minimum absolute atomic E-state index is 0.360. The van der Waals surface area contributed by atoms with Crippen molar-refractivity contribution in [1.82, 2.24) is 5.32 Å². The number of aliphatic hydroxyl groups excluding tert-OH is 1. The van der Waals surface area contributed by atoms with Crippen LogP contribution in [-0.2, 0) is 0 Å². The average Bonchev–Trinajstić information content (AvgIpc) is 2.37. The fraction of sp³-hybridized carbons (Fsp3) is 1.00. The zero-order chi connectivity index (χ0) is 12.0. The molecule has 2 N–H and O–H groups in total. The molecular weight excluding hydrogens is 210 g/mol. The molecule has 0 amide bonds. The molecule has 2 nitrogen and oxygen atoms in total. The summed E-state index contributed by atoms with van der Waals surface area (Å²) >= 11 is 0. The van der Waals surface area contributed by atoms with Gasteiger partial charge in [-0.15, -0.1) is 0 Å². The van der Waals surface area contributed by atoms with Crippen molar-refractivity contribution >= 4 is 0 Å². The normalized spacial score (nSPS) is 27.0. The van der Waals surface area contributed by atoms with Crippen molar-refractivity contribution in [1.29, 1.82) is 0 Å². The lowest BCUT2D eigenvalue weighted by Gasteiger charge is -2.52. The summed E-state index contributed by atoms with van der Waals surface area (Å²) in [5.74, 6) is 0. The van der Waals surface area contributed by atoms with Crippen LogP contribution < -0.4 is 5.32 Å². The summed E-state index contributed by atoms with van der Waals surface area (Å²) in [5, 5.41) is 12.5. The van der Waals surface area contributed by atoms with Gasteiger partial charge in [0, 0.05) is 12.6 Å². The highest BCUT2D eigenvalue weighted by molar-refractivity contribution is 5.01. The summed E-state index contributed by atoms with van der Waals surface area (Å²) in [5.41, 5.74) is 0.712. The van der Waals surface area contributed by atoms with Gasteiger partial charge < -0.3 is 10.4 Å². The number of hydrogen-bond acceptors (Lipinski definition) is 2. The van der Waals surface area contributed by atoms with Crippen LogP contribution in [0.2, 0.25) is 0 Å². The monoisotopic (exact) mass is 239 g/mol. The highest BCUT2D eigenvalue weighted by Gasteiger charge is 2.46. The molecule has 0 saturated heterocycles. The van der Waals surface area contributed by atoms with Gasteiger partial charge in [0.05, 0.1) is 0 Å². The standard InChI is InChI=1S/C15H29NO/c17-13-7-2-1-6-12-16-14-8-11-15(14)9-4-3-5-10-15/h14,16-17H,1-13H2. The van der Waals surface area contributed by atoms with E-state index in [2.05, 4.69) is 5.32 Å². The van der Waals surface area contributed by atoms with E-state index in [0.717, 1.165) is 12.5 Å². The van der Waals surface area contributed by atoms with E-state index >= 15 is 0 Å². The van der Waals surface area contributed by atoms with Gasteiger partial charge in [-0.1, -0.05) is 32.1 Å². The Hall–Kier alpha value is -0.0800. The smallest absolute Gasteiger partial charge is 0.0431 e. The molecule has 1 atom stereocenters. The van der Waals surface area contributed by atoms with E-state index in [0.29, 0.717) is 12.0 Å². The molecule has 0 aromatic carbocycles. The molecule has 2 aliphatic carbocycles. The maximum atomic E-state index is 8.71. The van der Waals surface area contributed by atoms with Gasteiger partial charge >= 0.3 is 0 Å². The summed E-state index contributed by atoms with van der Waals surface area (Å²) in [7, 11) is 0. The van der Waals surface area contributed by atoms with Crippen molar-refractivity contribution in [2.45, 2.75) is 76.7 Å². The molecule has 2 rings (SSSR count). The predicted octanol–water partition coefficient (Wildman–Crippen LogP) is 3.24. The minimum Gasteiger partial charge on any atom is -0.396 e. The van der Waals surface area contributed by atoms with Gasteiger partial charge in [-0.2, -0.15) is 0 Å². The molecule has 2 heteroatoms. The number of rotatable bonds is 7. The molecular formula is C15H29NO. The molecule has 17 heavy (non-hydrogen) atoms. The van der Waals surface area contributed by atoms with Crippen molar-refractivity contribution in [3.05, 3.63) is 0 Å². The molecule has 0 radical (unpaired) electrons. The first-order valence-electron chi connectivity index (χ1n) is 7.72. The minimum atomic E-state index is 0.360. The fourth-order valence-corrected chi connectivity index (χ4v) is 3.74. The third kappa shape index (κ3) is 3.45. The lowest BCUT2D eigenvalue weighted by atomic mass is 9.57. The van der Waals surface area contributed by atoms with Crippen LogP contribution >= 0.6 is 0 Å². The second-order valence-electron chi connectivity index (χ2n) is 6.11. The first-order valence-corrected chi connectivity index (χ1v) is 7.72. The van der Waals surface area contributed by atoms with E-state index in [1.165, 1.54) is 70.8 Å².